The average molecular weight is 310 g/mol. The Bertz CT molecular complexity index is 577. The fourth-order valence-corrected chi connectivity index (χ4v) is 3.39. The van der Waals surface area contributed by atoms with Crippen LogP contribution in [0.1, 0.15) is 31.2 Å². The highest BCUT2D eigenvalue weighted by molar-refractivity contribution is 7.91. The van der Waals surface area contributed by atoms with Gasteiger partial charge < -0.3 is 10.5 Å². The van der Waals surface area contributed by atoms with E-state index in [0.29, 0.717) is 12.2 Å². The first-order valence-electron chi connectivity index (χ1n) is 7.24. The number of ether oxygens (including phenoxy) is 1. The second-order valence-electron chi connectivity index (χ2n) is 5.45. The lowest BCUT2D eigenvalue weighted by molar-refractivity contribution is 0.118. The number of nitrogen functional groups attached to an aromatic ring is 1. The largest absolute Gasteiger partial charge is 0.384 e. The summed E-state index contributed by atoms with van der Waals surface area (Å²) in [6.45, 7) is 0.868. The Balaban J connectivity index is 1.78. The highest BCUT2D eigenvalue weighted by Gasteiger charge is 2.17. The smallest absolute Gasteiger partial charge is 0.180 e. The minimum absolute atomic E-state index is 0.0168. The summed E-state index contributed by atoms with van der Waals surface area (Å²) >= 11 is 0. The maximum absolute atomic E-state index is 12.1. The van der Waals surface area contributed by atoms with Crippen LogP contribution in [-0.4, -0.2) is 33.2 Å². The van der Waals surface area contributed by atoms with Crippen LogP contribution >= 0.6 is 0 Å². The van der Waals surface area contributed by atoms with Crippen molar-refractivity contribution in [1.82, 2.24) is 0 Å². The maximum Gasteiger partial charge on any atom is 0.180 e. The summed E-state index contributed by atoms with van der Waals surface area (Å²) in [5.41, 5.74) is 5.86. The van der Waals surface area contributed by atoms with Crippen molar-refractivity contribution in [2.75, 3.05) is 19.0 Å². The Morgan fingerprint density at radius 2 is 1.90 bits per heavy atom. The van der Waals surface area contributed by atoms with Gasteiger partial charge in [-0.25, -0.2) is 8.42 Å². The molecule has 0 aromatic heterocycles. The van der Waals surface area contributed by atoms with Crippen molar-refractivity contribution in [3.8, 4) is 0 Å². The fraction of sp³-hybridized carbons (Fsp3) is 0.533. The quantitative estimate of drug-likeness (QED) is 0.436. The molecule has 1 fully saturated rings. The van der Waals surface area contributed by atoms with Gasteiger partial charge in [-0.3, -0.25) is 5.41 Å². The first kappa shape index (κ1) is 16.0. The third-order valence-corrected chi connectivity index (χ3v) is 5.61. The van der Waals surface area contributed by atoms with Crippen molar-refractivity contribution in [2.24, 2.45) is 11.7 Å². The molecule has 0 heterocycles. The second kappa shape index (κ2) is 7.04. The lowest BCUT2D eigenvalue weighted by Gasteiger charge is -2.24. The Labute approximate surface area is 125 Å². The number of benzene rings is 1. The van der Waals surface area contributed by atoms with Gasteiger partial charge in [0.15, 0.2) is 9.84 Å². The van der Waals surface area contributed by atoms with Gasteiger partial charge in [0.2, 0.25) is 0 Å². The van der Waals surface area contributed by atoms with Crippen LogP contribution in [-0.2, 0) is 14.6 Å². The lowest BCUT2D eigenvalue weighted by atomic mass is 9.83. The Morgan fingerprint density at radius 3 is 2.43 bits per heavy atom. The number of amidine groups is 1. The molecule has 21 heavy (non-hydrogen) atoms. The third-order valence-electron chi connectivity index (χ3n) is 3.92. The molecular weight excluding hydrogens is 288 g/mol. The van der Waals surface area contributed by atoms with E-state index < -0.39 is 9.84 Å². The van der Waals surface area contributed by atoms with Gasteiger partial charge in [-0.15, -0.1) is 0 Å². The van der Waals surface area contributed by atoms with E-state index in [2.05, 4.69) is 0 Å². The van der Waals surface area contributed by atoms with Gasteiger partial charge in [0.25, 0.3) is 0 Å². The van der Waals surface area contributed by atoms with E-state index >= 15 is 0 Å². The molecule has 3 N–H and O–H groups in total. The zero-order chi connectivity index (χ0) is 15.3. The number of hydrogen-bond donors (Lipinski definition) is 2. The number of nitrogens with one attached hydrogen (secondary N) is 1. The minimum atomic E-state index is -3.33. The molecule has 1 aromatic rings. The van der Waals surface area contributed by atoms with Crippen LogP contribution in [0, 0.1) is 11.3 Å². The van der Waals surface area contributed by atoms with Gasteiger partial charge in [-0.2, -0.15) is 0 Å². The molecule has 0 bridgehead atoms. The topological polar surface area (TPSA) is 93.2 Å². The molecule has 5 nitrogen and oxygen atoms in total. The summed E-state index contributed by atoms with van der Waals surface area (Å²) < 4.78 is 29.7. The Hall–Kier alpha value is -1.40. The van der Waals surface area contributed by atoms with Crippen LogP contribution in [0.3, 0.4) is 0 Å². The van der Waals surface area contributed by atoms with E-state index in [1.54, 1.807) is 12.1 Å². The standard InChI is InChI=1S/C15H22N2O3S/c16-15(17)13-4-6-14(7-5-13)21(18,19)11-10-20-9-8-12-2-1-3-12/h4-7,12H,1-3,8-11H2,(H3,16,17). The molecular formula is C15H22N2O3S. The predicted octanol–water partition coefficient (Wildman–Crippen LogP) is 1.95. The molecule has 0 radical (unpaired) electrons. The van der Waals surface area contributed by atoms with Crippen molar-refractivity contribution in [3.05, 3.63) is 29.8 Å². The first-order valence-corrected chi connectivity index (χ1v) is 8.89. The number of sulfone groups is 1. The summed E-state index contributed by atoms with van der Waals surface area (Å²) in [4.78, 5) is 0.245. The van der Waals surface area contributed by atoms with E-state index in [9.17, 15) is 8.42 Å². The molecule has 1 aliphatic rings. The SMILES string of the molecule is N=C(N)c1ccc(S(=O)(=O)CCOCCC2CCC2)cc1. The molecule has 0 unspecified atom stereocenters. The van der Waals surface area contributed by atoms with Crippen molar-refractivity contribution in [1.29, 1.82) is 5.41 Å². The molecule has 0 aliphatic heterocycles. The second-order valence-corrected chi connectivity index (χ2v) is 7.56. The molecule has 0 saturated heterocycles. The lowest BCUT2D eigenvalue weighted by Crippen LogP contribution is -2.17. The van der Waals surface area contributed by atoms with Crippen LogP contribution in [0.25, 0.3) is 0 Å². The summed E-state index contributed by atoms with van der Waals surface area (Å²) in [6, 6.07) is 6.07. The summed E-state index contributed by atoms with van der Waals surface area (Å²) in [5, 5.41) is 7.28. The van der Waals surface area contributed by atoms with Gasteiger partial charge in [0.1, 0.15) is 5.84 Å². The molecule has 1 saturated carbocycles. The summed E-state index contributed by atoms with van der Waals surface area (Å²) in [5.74, 6) is 0.691. The van der Waals surface area contributed by atoms with Crippen LogP contribution in [0.15, 0.2) is 29.2 Å². The van der Waals surface area contributed by atoms with Gasteiger partial charge >= 0.3 is 0 Å². The number of rotatable bonds is 8. The molecule has 2 rings (SSSR count). The Morgan fingerprint density at radius 1 is 1.24 bits per heavy atom. The van der Waals surface area contributed by atoms with E-state index in [4.69, 9.17) is 15.9 Å². The molecule has 1 aromatic carbocycles. The number of nitrogens with two attached hydrogens (primary N) is 1. The normalized spacial score (nSPS) is 15.6. The molecule has 0 atom stereocenters. The van der Waals surface area contributed by atoms with Crippen LogP contribution in [0.2, 0.25) is 0 Å². The van der Waals surface area contributed by atoms with Crippen molar-refractivity contribution in [3.63, 3.8) is 0 Å². The molecule has 6 heteroatoms. The highest BCUT2D eigenvalue weighted by Crippen LogP contribution is 2.29. The molecule has 116 valence electrons. The van der Waals surface area contributed by atoms with Crippen molar-refractivity contribution >= 4 is 15.7 Å². The Kier molecular flexibility index (Phi) is 5.36. The maximum atomic E-state index is 12.1. The van der Waals surface area contributed by atoms with Crippen LogP contribution in [0.4, 0.5) is 0 Å². The van der Waals surface area contributed by atoms with Gasteiger partial charge in [0, 0.05) is 12.2 Å². The van der Waals surface area contributed by atoms with E-state index in [-0.39, 0.29) is 23.1 Å². The monoisotopic (exact) mass is 310 g/mol. The fourth-order valence-electron chi connectivity index (χ4n) is 2.26. The summed E-state index contributed by atoms with van der Waals surface area (Å²) in [6.07, 6.45) is 4.91. The van der Waals surface area contributed by atoms with Gasteiger partial charge in [0.05, 0.1) is 17.3 Å². The third kappa shape index (κ3) is 4.54. The minimum Gasteiger partial charge on any atom is -0.384 e. The average Bonchev–Trinajstić information content (AvgIpc) is 2.40. The van der Waals surface area contributed by atoms with Crippen LogP contribution in [0.5, 0.6) is 0 Å². The zero-order valence-electron chi connectivity index (χ0n) is 12.0. The van der Waals surface area contributed by atoms with Gasteiger partial charge in [-0.05, 0) is 24.5 Å². The van der Waals surface area contributed by atoms with Gasteiger partial charge in [-0.1, -0.05) is 31.4 Å². The van der Waals surface area contributed by atoms with E-state index in [1.165, 1.54) is 31.4 Å². The first-order chi connectivity index (χ1) is 9.99. The summed E-state index contributed by atoms with van der Waals surface area (Å²) in [7, 11) is -3.33. The number of hydrogen-bond acceptors (Lipinski definition) is 4. The van der Waals surface area contributed by atoms with E-state index in [0.717, 1.165) is 12.3 Å². The zero-order valence-corrected chi connectivity index (χ0v) is 12.9. The highest BCUT2D eigenvalue weighted by atomic mass is 32.2. The van der Waals surface area contributed by atoms with E-state index in [1.807, 2.05) is 0 Å². The van der Waals surface area contributed by atoms with Crippen LogP contribution < -0.4 is 5.73 Å². The van der Waals surface area contributed by atoms with Crippen molar-refractivity contribution in [2.45, 2.75) is 30.6 Å². The predicted molar refractivity (Wildman–Crippen MR) is 82.3 cm³/mol. The van der Waals surface area contributed by atoms with Crippen molar-refractivity contribution < 1.29 is 13.2 Å². The molecule has 0 spiro atoms. The molecule has 0 amide bonds. The molecule has 1 aliphatic carbocycles.